The van der Waals surface area contributed by atoms with E-state index in [0.29, 0.717) is 39.1 Å². The van der Waals surface area contributed by atoms with Crippen molar-refractivity contribution in [1.29, 1.82) is 0 Å². The van der Waals surface area contributed by atoms with Crippen molar-refractivity contribution in [1.82, 2.24) is 0 Å². The second-order valence-electron chi connectivity index (χ2n) is 8.11. The molecule has 1 heterocycles. The van der Waals surface area contributed by atoms with Gasteiger partial charge in [0.2, 0.25) is 0 Å². The van der Waals surface area contributed by atoms with Crippen LogP contribution in [0.15, 0.2) is 65.3 Å². The number of Topliss-reactive ketones (excluding diaryl/α,β-unsaturated/α-hetero) is 1. The number of carbonyl (C=O) groups is 2. The third kappa shape index (κ3) is 5.25. The van der Waals surface area contributed by atoms with Crippen LogP contribution >= 0.6 is 0 Å². The summed E-state index contributed by atoms with van der Waals surface area (Å²) in [4.78, 5) is 24.0. The molecule has 0 fully saturated rings. The Kier molecular flexibility index (Phi) is 7.27. The van der Waals surface area contributed by atoms with E-state index >= 15 is 4.39 Å². The van der Waals surface area contributed by atoms with Gasteiger partial charge in [-0.15, -0.1) is 0 Å². The summed E-state index contributed by atoms with van der Waals surface area (Å²) in [5, 5.41) is 0.794. The van der Waals surface area contributed by atoms with Gasteiger partial charge in [-0.3, -0.25) is 9.59 Å². The van der Waals surface area contributed by atoms with Gasteiger partial charge in [0.1, 0.15) is 23.8 Å². The van der Waals surface area contributed by atoms with E-state index in [1.807, 2.05) is 12.1 Å². The van der Waals surface area contributed by atoms with Crippen LogP contribution in [0, 0.1) is 5.82 Å². The standard InChI is InChI=1S/C28H26FNO5/c1-3-33-26(32)14-20-8-7-19(17(2)31)13-25(20)35-16-18-11-21-9-10-34-28(21)24(12-18)23-6-4-5-22(15-30)27(23)29/h4-13H,3,14-16,30H2,1-2H3. The number of rotatable bonds is 9. The normalized spacial score (nSPS) is 11.0. The highest BCUT2D eigenvalue weighted by molar-refractivity contribution is 5.95. The van der Waals surface area contributed by atoms with E-state index in [4.69, 9.17) is 19.6 Å². The Hall–Kier alpha value is -3.97. The Morgan fingerprint density at radius 2 is 1.86 bits per heavy atom. The number of esters is 1. The highest BCUT2D eigenvalue weighted by Crippen LogP contribution is 2.34. The van der Waals surface area contributed by atoms with Crippen molar-refractivity contribution in [3.8, 4) is 16.9 Å². The maximum absolute atomic E-state index is 15.1. The maximum atomic E-state index is 15.1. The third-order valence-electron chi connectivity index (χ3n) is 5.71. The summed E-state index contributed by atoms with van der Waals surface area (Å²) >= 11 is 0. The fourth-order valence-corrected chi connectivity index (χ4v) is 3.96. The number of nitrogens with two attached hydrogens (primary N) is 1. The van der Waals surface area contributed by atoms with Gasteiger partial charge in [0, 0.05) is 39.7 Å². The molecule has 0 radical (unpaired) electrons. The summed E-state index contributed by atoms with van der Waals surface area (Å²) in [5.41, 5.74) is 9.48. The van der Waals surface area contributed by atoms with Gasteiger partial charge in [-0.1, -0.05) is 30.3 Å². The third-order valence-corrected chi connectivity index (χ3v) is 5.71. The molecule has 180 valence electrons. The zero-order valence-corrected chi connectivity index (χ0v) is 19.6. The summed E-state index contributed by atoms with van der Waals surface area (Å²) < 4.78 is 31.9. The smallest absolute Gasteiger partial charge is 0.310 e. The highest BCUT2D eigenvalue weighted by atomic mass is 19.1. The van der Waals surface area contributed by atoms with Crippen molar-refractivity contribution in [3.63, 3.8) is 0 Å². The van der Waals surface area contributed by atoms with Gasteiger partial charge in [0.05, 0.1) is 19.3 Å². The van der Waals surface area contributed by atoms with Crippen molar-refractivity contribution in [2.24, 2.45) is 5.73 Å². The van der Waals surface area contributed by atoms with Crippen LogP contribution in [0.4, 0.5) is 4.39 Å². The Morgan fingerprint density at radius 1 is 1.03 bits per heavy atom. The molecule has 0 saturated carbocycles. The van der Waals surface area contributed by atoms with Gasteiger partial charge in [0.15, 0.2) is 5.78 Å². The summed E-state index contributed by atoms with van der Waals surface area (Å²) in [6.45, 7) is 3.69. The topological polar surface area (TPSA) is 91.8 Å². The zero-order valence-electron chi connectivity index (χ0n) is 19.6. The number of ketones is 1. The number of hydrogen-bond donors (Lipinski definition) is 1. The molecule has 0 amide bonds. The van der Waals surface area contributed by atoms with Crippen molar-refractivity contribution < 1.29 is 27.9 Å². The van der Waals surface area contributed by atoms with Crippen molar-refractivity contribution in [2.45, 2.75) is 33.4 Å². The molecule has 0 unspecified atom stereocenters. The maximum Gasteiger partial charge on any atom is 0.310 e. The number of benzene rings is 3. The molecule has 6 nitrogen and oxygen atoms in total. The lowest BCUT2D eigenvalue weighted by Gasteiger charge is -2.14. The molecule has 7 heteroatoms. The summed E-state index contributed by atoms with van der Waals surface area (Å²) in [5.74, 6) is -0.479. The molecule has 4 aromatic rings. The monoisotopic (exact) mass is 475 g/mol. The zero-order chi connectivity index (χ0) is 24.9. The van der Waals surface area contributed by atoms with E-state index < -0.39 is 5.82 Å². The van der Waals surface area contributed by atoms with Gasteiger partial charge in [-0.05, 0) is 43.7 Å². The molecular formula is C28H26FNO5. The molecule has 1 aromatic heterocycles. The average Bonchev–Trinajstić information content (AvgIpc) is 3.32. The van der Waals surface area contributed by atoms with E-state index in [9.17, 15) is 9.59 Å². The van der Waals surface area contributed by atoms with Crippen molar-refractivity contribution in [3.05, 3.63) is 88.9 Å². The van der Waals surface area contributed by atoms with E-state index in [-0.39, 0.29) is 37.9 Å². The predicted octanol–water partition coefficient (Wildman–Crippen LogP) is 5.58. The molecular weight excluding hydrogens is 449 g/mol. The lowest BCUT2D eigenvalue weighted by molar-refractivity contribution is -0.142. The molecule has 0 aliphatic heterocycles. The van der Waals surface area contributed by atoms with Gasteiger partial charge >= 0.3 is 5.97 Å². The van der Waals surface area contributed by atoms with E-state index in [2.05, 4.69) is 0 Å². The van der Waals surface area contributed by atoms with Crippen molar-refractivity contribution >= 4 is 22.7 Å². The predicted molar refractivity (Wildman–Crippen MR) is 131 cm³/mol. The lowest BCUT2D eigenvalue weighted by atomic mass is 9.98. The van der Waals surface area contributed by atoms with E-state index in [0.717, 1.165) is 10.9 Å². The summed E-state index contributed by atoms with van der Waals surface area (Å²) in [7, 11) is 0. The Bertz CT molecular complexity index is 1390. The molecule has 0 aliphatic rings. The first-order valence-electron chi connectivity index (χ1n) is 11.3. The molecule has 0 atom stereocenters. The molecule has 0 aliphatic carbocycles. The highest BCUT2D eigenvalue weighted by Gasteiger charge is 2.17. The van der Waals surface area contributed by atoms with Crippen LogP contribution in [-0.2, 0) is 29.1 Å². The number of hydrogen-bond acceptors (Lipinski definition) is 6. The largest absolute Gasteiger partial charge is 0.489 e. The van der Waals surface area contributed by atoms with E-state index in [1.54, 1.807) is 55.7 Å². The number of halogens is 1. The molecule has 0 spiro atoms. The van der Waals surface area contributed by atoms with Gasteiger partial charge in [-0.2, -0.15) is 0 Å². The minimum absolute atomic E-state index is 0.0183. The van der Waals surface area contributed by atoms with Crippen LogP contribution in [0.3, 0.4) is 0 Å². The van der Waals surface area contributed by atoms with Crippen LogP contribution < -0.4 is 10.5 Å². The number of carbonyl (C=O) groups excluding carboxylic acids is 2. The SMILES string of the molecule is CCOC(=O)Cc1ccc(C(C)=O)cc1OCc1cc(-c2cccc(CN)c2F)c2occc2c1. The number of fused-ring (bicyclic) bond motifs is 1. The minimum atomic E-state index is -0.392. The number of ether oxygens (including phenoxy) is 2. The van der Waals surface area contributed by atoms with Gasteiger partial charge < -0.3 is 19.6 Å². The first-order valence-corrected chi connectivity index (χ1v) is 11.3. The van der Waals surface area contributed by atoms with Crippen LogP contribution in [0.2, 0.25) is 0 Å². The number of furan rings is 1. The second kappa shape index (κ2) is 10.5. The first kappa shape index (κ1) is 24.2. The molecule has 4 rings (SSSR count). The molecule has 2 N–H and O–H groups in total. The Balaban J connectivity index is 1.69. The van der Waals surface area contributed by atoms with Crippen LogP contribution in [0.5, 0.6) is 5.75 Å². The minimum Gasteiger partial charge on any atom is -0.489 e. The Labute approximate surface area is 202 Å². The van der Waals surface area contributed by atoms with Crippen molar-refractivity contribution in [2.75, 3.05) is 6.61 Å². The fourth-order valence-electron chi connectivity index (χ4n) is 3.96. The van der Waals surface area contributed by atoms with Gasteiger partial charge in [-0.25, -0.2) is 4.39 Å². The Morgan fingerprint density at radius 3 is 2.60 bits per heavy atom. The summed E-state index contributed by atoms with van der Waals surface area (Å²) in [6, 6.07) is 15.6. The van der Waals surface area contributed by atoms with Crippen LogP contribution in [0.1, 0.15) is 40.9 Å². The van der Waals surface area contributed by atoms with Crippen LogP contribution in [0.25, 0.3) is 22.1 Å². The molecule has 0 saturated heterocycles. The molecule has 3 aromatic carbocycles. The molecule has 35 heavy (non-hydrogen) atoms. The van der Waals surface area contributed by atoms with Gasteiger partial charge in [0.25, 0.3) is 0 Å². The first-order chi connectivity index (χ1) is 16.9. The quantitative estimate of drug-likeness (QED) is 0.251. The van der Waals surface area contributed by atoms with Crippen LogP contribution in [-0.4, -0.2) is 18.4 Å². The fraction of sp³-hybridized carbons (Fsp3) is 0.214. The average molecular weight is 476 g/mol. The van der Waals surface area contributed by atoms with E-state index in [1.165, 1.54) is 6.92 Å². The second-order valence-corrected chi connectivity index (χ2v) is 8.11. The lowest BCUT2D eigenvalue weighted by Crippen LogP contribution is -2.10. The molecule has 0 bridgehead atoms. The summed E-state index contributed by atoms with van der Waals surface area (Å²) in [6.07, 6.45) is 1.57.